The Morgan fingerprint density at radius 2 is 2.27 bits per heavy atom. The fourth-order valence-electron chi connectivity index (χ4n) is 1.19. The molecule has 3 heteroatoms. The van der Waals surface area contributed by atoms with Gasteiger partial charge in [-0.2, -0.15) is 0 Å². The van der Waals surface area contributed by atoms with E-state index in [1.807, 2.05) is 12.4 Å². The van der Waals surface area contributed by atoms with Gasteiger partial charge in [-0.15, -0.1) is 12.4 Å². The van der Waals surface area contributed by atoms with Gasteiger partial charge in [0.15, 0.2) is 0 Å². The molecule has 0 unspecified atom stereocenters. The summed E-state index contributed by atoms with van der Waals surface area (Å²) in [6.45, 7) is 1.60. The van der Waals surface area contributed by atoms with Gasteiger partial charge in [-0.05, 0) is 23.6 Å². The maximum absolute atomic E-state index is 5.26. The molecule has 2 heterocycles. The molecule has 1 aromatic heterocycles. The molecule has 0 saturated heterocycles. The monoisotopic (exact) mass is 171 g/mol. The molecule has 0 aliphatic carbocycles. The van der Waals surface area contributed by atoms with Gasteiger partial charge in [0.25, 0.3) is 0 Å². The Bertz CT molecular complexity index is 214. The van der Waals surface area contributed by atoms with Crippen LogP contribution < -0.4 is 0 Å². The van der Waals surface area contributed by atoms with Crippen molar-refractivity contribution >= 4 is 12.4 Å². The highest BCUT2D eigenvalue weighted by Gasteiger charge is 2.06. The van der Waals surface area contributed by atoms with E-state index in [1.54, 1.807) is 0 Å². The van der Waals surface area contributed by atoms with E-state index >= 15 is 0 Å². The van der Waals surface area contributed by atoms with Gasteiger partial charge in [-0.3, -0.25) is 4.98 Å². The van der Waals surface area contributed by atoms with Gasteiger partial charge in [0.2, 0.25) is 0 Å². The summed E-state index contributed by atoms with van der Waals surface area (Å²) in [5.74, 6) is 0. The predicted octanol–water partition coefficient (Wildman–Crippen LogP) is 1.58. The summed E-state index contributed by atoms with van der Waals surface area (Å²) in [7, 11) is 0. The zero-order valence-corrected chi connectivity index (χ0v) is 6.93. The highest BCUT2D eigenvalue weighted by Crippen LogP contribution is 2.13. The molecule has 0 bridgehead atoms. The van der Waals surface area contributed by atoms with Gasteiger partial charge < -0.3 is 4.74 Å². The van der Waals surface area contributed by atoms with Crippen molar-refractivity contribution in [3.63, 3.8) is 0 Å². The molecule has 0 saturated carbocycles. The molecule has 0 spiro atoms. The van der Waals surface area contributed by atoms with Gasteiger partial charge in [0.1, 0.15) is 0 Å². The summed E-state index contributed by atoms with van der Waals surface area (Å²) >= 11 is 0. The lowest BCUT2D eigenvalue weighted by Gasteiger charge is -2.14. The topological polar surface area (TPSA) is 22.1 Å². The van der Waals surface area contributed by atoms with Crippen LogP contribution in [0.25, 0.3) is 0 Å². The van der Waals surface area contributed by atoms with E-state index < -0.39 is 0 Å². The third kappa shape index (κ3) is 1.70. The largest absolute Gasteiger partial charge is 0.376 e. The molecule has 1 aliphatic rings. The summed E-state index contributed by atoms with van der Waals surface area (Å²) in [6, 6.07) is 2.07. The Labute approximate surface area is 72.0 Å². The van der Waals surface area contributed by atoms with Crippen LogP contribution in [0.4, 0.5) is 0 Å². The molecule has 0 atom stereocenters. The fraction of sp³-hybridized carbons (Fsp3) is 0.375. The minimum absolute atomic E-state index is 0. The Morgan fingerprint density at radius 3 is 3.09 bits per heavy atom. The molecule has 1 aliphatic heterocycles. The molecule has 11 heavy (non-hydrogen) atoms. The number of ether oxygens (including phenoxy) is 1. The zero-order valence-electron chi connectivity index (χ0n) is 6.12. The van der Waals surface area contributed by atoms with Gasteiger partial charge in [-0.1, -0.05) is 0 Å². The predicted molar refractivity (Wildman–Crippen MR) is 44.8 cm³/mol. The SMILES string of the molecule is Cl.c1cc2c(cn1)COCC2. The van der Waals surface area contributed by atoms with Gasteiger partial charge >= 0.3 is 0 Å². The quantitative estimate of drug-likeness (QED) is 0.591. The van der Waals surface area contributed by atoms with Crippen molar-refractivity contribution in [2.24, 2.45) is 0 Å². The van der Waals surface area contributed by atoms with Crippen molar-refractivity contribution in [3.8, 4) is 0 Å². The first-order valence-electron chi connectivity index (χ1n) is 3.46. The number of halogens is 1. The van der Waals surface area contributed by atoms with Gasteiger partial charge in [0.05, 0.1) is 13.2 Å². The number of hydrogen-bond donors (Lipinski definition) is 0. The Balaban J connectivity index is 0.000000605. The Morgan fingerprint density at radius 1 is 1.36 bits per heavy atom. The Kier molecular flexibility index (Phi) is 2.85. The lowest BCUT2D eigenvalue weighted by atomic mass is 10.1. The number of pyridine rings is 1. The third-order valence-corrected chi connectivity index (χ3v) is 1.78. The first-order chi connectivity index (χ1) is 4.97. The average molecular weight is 172 g/mol. The molecule has 0 amide bonds. The van der Waals surface area contributed by atoms with Crippen LogP contribution in [0.3, 0.4) is 0 Å². The van der Waals surface area contributed by atoms with Gasteiger partial charge in [-0.25, -0.2) is 0 Å². The van der Waals surface area contributed by atoms with Crippen LogP contribution in [-0.2, 0) is 17.8 Å². The molecule has 0 N–H and O–H groups in total. The molecule has 60 valence electrons. The molecule has 0 fully saturated rings. The summed E-state index contributed by atoms with van der Waals surface area (Å²) in [4.78, 5) is 4.02. The minimum Gasteiger partial charge on any atom is -0.376 e. The molecular formula is C8H10ClNO. The lowest BCUT2D eigenvalue weighted by molar-refractivity contribution is 0.110. The maximum Gasteiger partial charge on any atom is 0.0734 e. The summed E-state index contributed by atoms with van der Waals surface area (Å²) in [5, 5.41) is 0. The average Bonchev–Trinajstić information content (AvgIpc) is 2.05. The van der Waals surface area contributed by atoms with Crippen LogP contribution in [0.15, 0.2) is 18.5 Å². The van der Waals surface area contributed by atoms with Crippen molar-refractivity contribution in [1.82, 2.24) is 4.98 Å². The van der Waals surface area contributed by atoms with Crippen molar-refractivity contribution < 1.29 is 4.74 Å². The first kappa shape index (κ1) is 8.50. The highest BCUT2D eigenvalue weighted by atomic mass is 35.5. The molecule has 0 aromatic carbocycles. The summed E-state index contributed by atoms with van der Waals surface area (Å²) in [6.07, 6.45) is 4.76. The van der Waals surface area contributed by atoms with Crippen molar-refractivity contribution in [3.05, 3.63) is 29.6 Å². The first-order valence-corrected chi connectivity index (χ1v) is 3.46. The second-order valence-corrected chi connectivity index (χ2v) is 2.45. The van der Waals surface area contributed by atoms with Crippen LogP contribution in [0.2, 0.25) is 0 Å². The number of fused-ring (bicyclic) bond motifs is 1. The Hall–Kier alpha value is -0.600. The van der Waals surface area contributed by atoms with Crippen molar-refractivity contribution in [1.29, 1.82) is 0 Å². The van der Waals surface area contributed by atoms with E-state index in [9.17, 15) is 0 Å². The van der Waals surface area contributed by atoms with E-state index in [-0.39, 0.29) is 12.4 Å². The van der Waals surface area contributed by atoms with E-state index in [0.717, 1.165) is 19.6 Å². The van der Waals surface area contributed by atoms with Crippen LogP contribution in [0.5, 0.6) is 0 Å². The normalized spacial score (nSPS) is 14.9. The minimum atomic E-state index is 0. The molecule has 2 rings (SSSR count). The van der Waals surface area contributed by atoms with E-state index in [4.69, 9.17) is 4.74 Å². The molecule has 0 radical (unpaired) electrons. The highest BCUT2D eigenvalue weighted by molar-refractivity contribution is 5.85. The van der Waals surface area contributed by atoms with Crippen LogP contribution >= 0.6 is 12.4 Å². The van der Waals surface area contributed by atoms with Crippen molar-refractivity contribution in [2.75, 3.05) is 6.61 Å². The van der Waals surface area contributed by atoms with Gasteiger partial charge in [0, 0.05) is 12.4 Å². The summed E-state index contributed by atoms with van der Waals surface area (Å²) in [5.41, 5.74) is 2.63. The van der Waals surface area contributed by atoms with Crippen LogP contribution in [-0.4, -0.2) is 11.6 Å². The van der Waals surface area contributed by atoms with E-state index in [0.29, 0.717) is 0 Å². The number of aromatic nitrogens is 1. The second-order valence-electron chi connectivity index (χ2n) is 2.45. The third-order valence-electron chi connectivity index (χ3n) is 1.78. The van der Waals surface area contributed by atoms with Crippen molar-refractivity contribution in [2.45, 2.75) is 13.0 Å². The maximum atomic E-state index is 5.26. The fourth-order valence-corrected chi connectivity index (χ4v) is 1.19. The molecule has 2 nitrogen and oxygen atoms in total. The zero-order chi connectivity index (χ0) is 6.81. The van der Waals surface area contributed by atoms with Crippen LogP contribution in [0, 0.1) is 0 Å². The molecule has 1 aromatic rings. The number of rotatable bonds is 0. The standard InChI is InChI=1S/C8H9NO.ClH/c1-3-9-5-8-6-10-4-2-7(1)8;/h1,3,5H,2,4,6H2;1H. The molecular weight excluding hydrogens is 162 g/mol. The summed E-state index contributed by atoms with van der Waals surface area (Å²) < 4.78 is 5.26. The lowest BCUT2D eigenvalue weighted by Crippen LogP contribution is -2.09. The van der Waals surface area contributed by atoms with E-state index in [1.165, 1.54) is 11.1 Å². The van der Waals surface area contributed by atoms with E-state index in [2.05, 4.69) is 11.1 Å². The number of nitrogens with zero attached hydrogens (tertiary/aromatic N) is 1. The van der Waals surface area contributed by atoms with Crippen LogP contribution in [0.1, 0.15) is 11.1 Å². The second kappa shape index (κ2) is 3.69. The smallest absolute Gasteiger partial charge is 0.0734 e. The number of hydrogen-bond acceptors (Lipinski definition) is 2.